The molecule has 2 unspecified atom stereocenters. The predicted molar refractivity (Wildman–Crippen MR) is 175 cm³/mol. The van der Waals surface area contributed by atoms with E-state index >= 15 is 0 Å². The molecule has 0 spiro atoms. The van der Waals surface area contributed by atoms with Crippen LogP contribution in [0, 0.1) is 5.92 Å². The normalized spacial score (nSPS) is 12.9. The van der Waals surface area contributed by atoms with Crippen LogP contribution in [0.1, 0.15) is 181 Å². The molecule has 0 rings (SSSR count). The molecule has 5 heteroatoms. The van der Waals surface area contributed by atoms with Gasteiger partial charge in [0.2, 0.25) is 0 Å². The van der Waals surface area contributed by atoms with Gasteiger partial charge >= 0.3 is 11.9 Å². The summed E-state index contributed by atoms with van der Waals surface area (Å²) < 4.78 is 11.7. The fourth-order valence-electron chi connectivity index (χ4n) is 5.48. The van der Waals surface area contributed by atoms with Gasteiger partial charge < -0.3 is 14.4 Å². The predicted octanol–water partition coefficient (Wildman–Crippen LogP) is 10.4. The van der Waals surface area contributed by atoms with Gasteiger partial charge in [-0.05, 0) is 52.7 Å². The smallest absolute Gasteiger partial charge is 0.309 e. The van der Waals surface area contributed by atoms with Crippen LogP contribution in [0.4, 0.5) is 0 Å². The molecule has 0 aliphatic rings. The molecule has 0 saturated heterocycles. The van der Waals surface area contributed by atoms with E-state index in [0.29, 0.717) is 6.42 Å². The molecule has 0 aromatic heterocycles. The second-order valence-corrected chi connectivity index (χ2v) is 12.7. The van der Waals surface area contributed by atoms with Crippen LogP contribution in [-0.4, -0.2) is 50.2 Å². The van der Waals surface area contributed by atoms with Gasteiger partial charge in [-0.15, -0.1) is 0 Å². The number of hydrogen-bond donors (Lipinski definition) is 0. The van der Waals surface area contributed by atoms with Crippen LogP contribution in [0.3, 0.4) is 0 Å². The standard InChI is InChI=1S/C36H71NO4/c1-6-9-12-14-16-17-18-20-22-25-29-34(41-35(38)30-26-31-37(4)5)32-40-36(39)33(27-23-11-8-3)28-24-21-19-15-13-10-7-2/h33-34H,6-32H2,1-5H3. The van der Waals surface area contributed by atoms with E-state index in [1.807, 2.05) is 14.1 Å². The summed E-state index contributed by atoms with van der Waals surface area (Å²) in [6.07, 6.45) is 28.4. The van der Waals surface area contributed by atoms with Crippen molar-refractivity contribution in [2.24, 2.45) is 5.92 Å². The van der Waals surface area contributed by atoms with E-state index in [1.165, 1.54) is 89.9 Å². The van der Waals surface area contributed by atoms with Crippen molar-refractivity contribution in [2.45, 2.75) is 187 Å². The van der Waals surface area contributed by atoms with Gasteiger partial charge in [-0.1, -0.05) is 143 Å². The van der Waals surface area contributed by atoms with Crippen molar-refractivity contribution in [3.05, 3.63) is 0 Å². The lowest BCUT2D eigenvalue weighted by atomic mass is 9.94. The first-order valence-corrected chi connectivity index (χ1v) is 17.9. The minimum atomic E-state index is -0.324. The van der Waals surface area contributed by atoms with E-state index in [2.05, 4.69) is 25.7 Å². The Labute approximate surface area is 256 Å². The van der Waals surface area contributed by atoms with Crippen LogP contribution < -0.4 is 0 Å². The SMILES string of the molecule is CCCCCCCCCCCCC(COC(=O)C(CCCCC)CCCCCCCCC)OC(=O)CCCN(C)C. The van der Waals surface area contributed by atoms with Crippen LogP contribution in [-0.2, 0) is 19.1 Å². The number of unbranched alkanes of at least 4 members (excludes halogenated alkanes) is 17. The maximum absolute atomic E-state index is 13.2. The molecule has 0 amide bonds. The Morgan fingerprint density at radius 3 is 1.46 bits per heavy atom. The van der Waals surface area contributed by atoms with E-state index in [1.54, 1.807) is 0 Å². The second kappa shape index (κ2) is 30.4. The summed E-state index contributed by atoms with van der Waals surface area (Å²) in [4.78, 5) is 27.8. The van der Waals surface area contributed by atoms with Gasteiger partial charge in [0.05, 0.1) is 5.92 Å². The van der Waals surface area contributed by atoms with E-state index in [9.17, 15) is 9.59 Å². The lowest BCUT2D eigenvalue weighted by molar-refractivity contribution is -0.162. The Morgan fingerprint density at radius 2 is 0.976 bits per heavy atom. The fourth-order valence-corrected chi connectivity index (χ4v) is 5.48. The molecule has 0 aliphatic heterocycles. The Hall–Kier alpha value is -1.10. The maximum Gasteiger partial charge on any atom is 0.309 e. The van der Waals surface area contributed by atoms with Crippen LogP contribution in [0.2, 0.25) is 0 Å². The van der Waals surface area contributed by atoms with Crippen LogP contribution in [0.5, 0.6) is 0 Å². The number of ether oxygens (including phenoxy) is 2. The number of nitrogens with zero attached hydrogens (tertiary/aromatic N) is 1. The van der Waals surface area contributed by atoms with Crippen molar-refractivity contribution in [1.29, 1.82) is 0 Å². The quantitative estimate of drug-likeness (QED) is 0.0602. The summed E-state index contributed by atoms with van der Waals surface area (Å²) in [5, 5.41) is 0. The third kappa shape index (κ3) is 27.5. The highest BCUT2D eigenvalue weighted by atomic mass is 16.6. The largest absolute Gasteiger partial charge is 0.462 e. The Balaban J connectivity index is 4.68. The molecule has 0 fully saturated rings. The summed E-state index contributed by atoms with van der Waals surface area (Å²) in [6.45, 7) is 7.79. The van der Waals surface area contributed by atoms with Crippen LogP contribution in [0.25, 0.3) is 0 Å². The van der Waals surface area contributed by atoms with Gasteiger partial charge in [0, 0.05) is 6.42 Å². The fraction of sp³-hybridized carbons (Fsp3) is 0.944. The molecule has 0 saturated carbocycles. The van der Waals surface area contributed by atoms with Crippen molar-refractivity contribution in [3.8, 4) is 0 Å². The lowest BCUT2D eigenvalue weighted by Gasteiger charge is -2.21. The van der Waals surface area contributed by atoms with Crippen molar-refractivity contribution in [2.75, 3.05) is 27.2 Å². The highest BCUT2D eigenvalue weighted by molar-refractivity contribution is 5.72. The number of carbonyl (C=O) groups is 2. The van der Waals surface area contributed by atoms with Gasteiger partial charge in [-0.2, -0.15) is 0 Å². The van der Waals surface area contributed by atoms with Gasteiger partial charge in [-0.25, -0.2) is 0 Å². The topological polar surface area (TPSA) is 55.8 Å². The van der Waals surface area contributed by atoms with Crippen molar-refractivity contribution >= 4 is 11.9 Å². The Kier molecular flexibility index (Phi) is 29.5. The average Bonchev–Trinajstić information content (AvgIpc) is 2.95. The number of esters is 2. The second-order valence-electron chi connectivity index (χ2n) is 12.7. The third-order valence-electron chi connectivity index (χ3n) is 8.22. The Morgan fingerprint density at radius 1 is 0.561 bits per heavy atom. The van der Waals surface area contributed by atoms with Crippen molar-refractivity contribution in [3.63, 3.8) is 0 Å². The molecule has 41 heavy (non-hydrogen) atoms. The molecule has 0 N–H and O–H groups in total. The first-order valence-electron chi connectivity index (χ1n) is 17.9. The molecule has 0 radical (unpaired) electrons. The molecular weight excluding hydrogens is 510 g/mol. The molecule has 0 aliphatic carbocycles. The number of rotatable bonds is 31. The molecule has 2 atom stereocenters. The summed E-state index contributed by atoms with van der Waals surface area (Å²) >= 11 is 0. The van der Waals surface area contributed by atoms with E-state index in [-0.39, 0.29) is 30.6 Å². The molecule has 0 bridgehead atoms. The van der Waals surface area contributed by atoms with Gasteiger partial charge in [0.15, 0.2) is 0 Å². The monoisotopic (exact) mass is 582 g/mol. The van der Waals surface area contributed by atoms with Crippen LogP contribution >= 0.6 is 0 Å². The summed E-state index contributed by atoms with van der Waals surface area (Å²) in [6, 6.07) is 0. The zero-order valence-electron chi connectivity index (χ0n) is 28.3. The molecule has 5 nitrogen and oxygen atoms in total. The number of carbonyl (C=O) groups excluding carboxylic acids is 2. The highest BCUT2D eigenvalue weighted by Crippen LogP contribution is 2.21. The van der Waals surface area contributed by atoms with Gasteiger partial charge in [0.1, 0.15) is 12.7 Å². The lowest BCUT2D eigenvalue weighted by Crippen LogP contribution is -2.28. The Bertz CT molecular complexity index is 580. The zero-order chi connectivity index (χ0) is 30.4. The van der Waals surface area contributed by atoms with Crippen molar-refractivity contribution in [1.82, 2.24) is 4.90 Å². The van der Waals surface area contributed by atoms with Crippen LogP contribution in [0.15, 0.2) is 0 Å². The summed E-state index contributed by atoms with van der Waals surface area (Å²) in [7, 11) is 4.03. The first kappa shape index (κ1) is 39.9. The molecule has 0 aromatic rings. The van der Waals surface area contributed by atoms with E-state index in [4.69, 9.17) is 9.47 Å². The molecular formula is C36H71NO4. The van der Waals surface area contributed by atoms with Gasteiger partial charge in [-0.3, -0.25) is 9.59 Å². The average molecular weight is 582 g/mol. The molecule has 0 heterocycles. The third-order valence-corrected chi connectivity index (χ3v) is 8.22. The molecule has 244 valence electrons. The first-order chi connectivity index (χ1) is 19.9. The minimum absolute atomic E-state index is 0.0223. The highest BCUT2D eigenvalue weighted by Gasteiger charge is 2.22. The van der Waals surface area contributed by atoms with E-state index in [0.717, 1.165) is 70.8 Å². The maximum atomic E-state index is 13.2. The minimum Gasteiger partial charge on any atom is -0.462 e. The van der Waals surface area contributed by atoms with Crippen molar-refractivity contribution < 1.29 is 19.1 Å². The zero-order valence-corrected chi connectivity index (χ0v) is 28.3. The molecule has 0 aromatic carbocycles. The number of hydrogen-bond acceptors (Lipinski definition) is 5. The van der Waals surface area contributed by atoms with Gasteiger partial charge in [0.25, 0.3) is 0 Å². The summed E-state index contributed by atoms with van der Waals surface area (Å²) in [5.74, 6) is -0.266. The van der Waals surface area contributed by atoms with E-state index < -0.39 is 0 Å². The summed E-state index contributed by atoms with van der Waals surface area (Å²) in [5.41, 5.74) is 0.